The molecular formula is C24H14Cl2N2. The van der Waals surface area contributed by atoms with Gasteiger partial charge in [0.25, 0.3) is 0 Å². The van der Waals surface area contributed by atoms with Crippen molar-refractivity contribution in [3.63, 3.8) is 0 Å². The number of halogens is 2. The Morgan fingerprint density at radius 1 is 0.500 bits per heavy atom. The van der Waals surface area contributed by atoms with Crippen molar-refractivity contribution in [3.05, 3.63) is 95.2 Å². The topological polar surface area (TPSA) is 25.8 Å². The number of aromatic nitrogens is 2. The molecule has 0 spiro atoms. The molecule has 2 nitrogen and oxygen atoms in total. The number of hydrogen-bond donors (Lipinski definition) is 0. The molecule has 0 aliphatic rings. The van der Waals surface area contributed by atoms with Crippen LogP contribution in [0.2, 0.25) is 10.0 Å². The van der Waals surface area contributed by atoms with Crippen molar-refractivity contribution in [2.24, 2.45) is 0 Å². The predicted octanol–water partition coefficient (Wildman–Crippen LogP) is 7.42. The highest BCUT2D eigenvalue weighted by Gasteiger charge is 2.10. The standard InChI is InChI=1S/C24H14Cl2N2/c25-21-11-9-17(23-19(21)3-1-13-27-23)15-5-7-16(8-6-15)18-10-12-22(26)20-4-2-14-28-24(18)20/h1-14H. The van der Waals surface area contributed by atoms with E-state index in [0.29, 0.717) is 10.0 Å². The lowest BCUT2D eigenvalue weighted by atomic mass is 9.97. The lowest BCUT2D eigenvalue weighted by Crippen LogP contribution is -1.88. The molecular weight excluding hydrogens is 387 g/mol. The Morgan fingerprint density at radius 2 is 0.929 bits per heavy atom. The first kappa shape index (κ1) is 17.2. The highest BCUT2D eigenvalue weighted by atomic mass is 35.5. The summed E-state index contributed by atoms with van der Waals surface area (Å²) >= 11 is 12.7. The second-order valence-electron chi connectivity index (χ2n) is 6.57. The second-order valence-corrected chi connectivity index (χ2v) is 7.38. The van der Waals surface area contributed by atoms with Gasteiger partial charge in [0.05, 0.1) is 21.1 Å². The number of pyridine rings is 2. The largest absolute Gasteiger partial charge is 0.256 e. The van der Waals surface area contributed by atoms with Crippen LogP contribution < -0.4 is 0 Å². The van der Waals surface area contributed by atoms with Crippen LogP contribution in [0.15, 0.2) is 85.2 Å². The van der Waals surface area contributed by atoms with Crippen molar-refractivity contribution in [1.82, 2.24) is 9.97 Å². The van der Waals surface area contributed by atoms with Gasteiger partial charge < -0.3 is 0 Å². The van der Waals surface area contributed by atoms with Crippen molar-refractivity contribution in [3.8, 4) is 22.3 Å². The minimum atomic E-state index is 0.710. The average molecular weight is 401 g/mol. The van der Waals surface area contributed by atoms with E-state index in [-0.39, 0.29) is 0 Å². The molecule has 0 bridgehead atoms. The lowest BCUT2D eigenvalue weighted by Gasteiger charge is -2.10. The molecule has 5 aromatic rings. The molecule has 134 valence electrons. The number of benzene rings is 3. The van der Waals surface area contributed by atoms with Gasteiger partial charge in [0.2, 0.25) is 0 Å². The summed E-state index contributed by atoms with van der Waals surface area (Å²) in [4.78, 5) is 9.08. The molecule has 0 amide bonds. The molecule has 0 saturated carbocycles. The second kappa shape index (κ2) is 6.90. The fourth-order valence-electron chi connectivity index (χ4n) is 3.57. The van der Waals surface area contributed by atoms with Gasteiger partial charge in [-0.05, 0) is 47.5 Å². The Kier molecular flexibility index (Phi) is 4.23. The van der Waals surface area contributed by atoms with E-state index >= 15 is 0 Å². The third kappa shape index (κ3) is 2.82. The molecule has 0 N–H and O–H groups in total. The van der Waals surface area contributed by atoms with Crippen molar-refractivity contribution in [2.45, 2.75) is 0 Å². The van der Waals surface area contributed by atoms with Crippen LogP contribution in [0.25, 0.3) is 44.1 Å². The average Bonchev–Trinajstić information content (AvgIpc) is 2.75. The van der Waals surface area contributed by atoms with Crippen LogP contribution >= 0.6 is 23.2 Å². The summed E-state index contributed by atoms with van der Waals surface area (Å²) in [6.45, 7) is 0. The monoisotopic (exact) mass is 400 g/mol. The van der Waals surface area contributed by atoms with Crippen LogP contribution in [-0.4, -0.2) is 9.97 Å². The molecule has 0 unspecified atom stereocenters. The molecule has 0 radical (unpaired) electrons. The van der Waals surface area contributed by atoms with Crippen molar-refractivity contribution in [2.75, 3.05) is 0 Å². The first-order valence-electron chi connectivity index (χ1n) is 8.89. The molecule has 5 rings (SSSR count). The number of nitrogens with zero attached hydrogens (tertiary/aromatic N) is 2. The van der Waals surface area contributed by atoms with Gasteiger partial charge in [0.1, 0.15) is 0 Å². The minimum Gasteiger partial charge on any atom is -0.256 e. The maximum Gasteiger partial charge on any atom is 0.0795 e. The van der Waals surface area contributed by atoms with Gasteiger partial charge in [-0.25, -0.2) is 0 Å². The zero-order valence-corrected chi connectivity index (χ0v) is 16.2. The third-order valence-electron chi connectivity index (χ3n) is 4.94. The third-order valence-corrected chi connectivity index (χ3v) is 5.60. The molecule has 0 atom stereocenters. The van der Waals surface area contributed by atoms with E-state index in [0.717, 1.165) is 44.1 Å². The van der Waals surface area contributed by atoms with Gasteiger partial charge in [-0.2, -0.15) is 0 Å². The molecule has 3 aromatic carbocycles. The van der Waals surface area contributed by atoms with Gasteiger partial charge in [0.15, 0.2) is 0 Å². The molecule has 0 aliphatic carbocycles. The molecule has 0 aliphatic heterocycles. The fourth-order valence-corrected chi connectivity index (χ4v) is 4.00. The summed E-state index contributed by atoms with van der Waals surface area (Å²) in [5.41, 5.74) is 6.12. The lowest BCUT2D eigenvalue weighted by molar-refractivity contribution is 1.41. The number of hydrogen-bond acceptors (Lipinski definition) is 2. The van der Waals surface area contributed by atoms with E-state index in [4.69, 9.17) is 23.2 Å². The quantitative estimate of drug-likeness (QED) is 0.308. The normalized spacial score (nSPS) is 11.2. The van der Waals surface area contributed by atoms with E-state index in [2.05, 4.69) is 34.2 Å². The number of rotatable bonds is 2. The zero-order chi connectivity index (χ0) is 19.1. The van der Waals surface area contributed by atoms with Crippen LogP contribution in [0, 0.1) is 0 Å². The van der Waals surface area contributed by atoms with Gasteiger partial charge in [-0.15, -0.1) is 0 Å². The van der Waals surface area contributed by atoms with Crippen molar-refractivity contribution < 1.29 is 0 Å². The Balaban J connectivity index is 1.64. The minimum absolute atomic E-state index is 0.710. The predicted molar refractivity (Wildman–Crippen MR) is 118 cm³/mol. The Morgan fingerprint density at radius 3 is 1.36 bits per heavy atom. The maximum absolute atomic E-state index is 6.33. The van der Waals surface area contributed by atoms with Gasteiger partial charge in [0, 0.05) is 34.3 Å². The van der Waals surface area contributed by atoms with E-state index in [1.165, 1.54) is 0 Å². The maximum atomic E-state index is 6.33. The Hall–Kier alpha value is -2.94. The smallest absolute Gasteiger partial charge is 0.0795 e. The summed E-state index contributed by atoms with van der Waals surface area (Å²) < 4.78 is 0. The van der Waals surface area contributed by atoms with E-state index in [1.54, 1.807) is 12.4 Å². The van der Waals surface area contributed by atoms with Gasteiger partial charge in [-0.3, -0.25) is 9.97 Å². The first-order chi connectivity index (χ1) is 13.7. The summed E-state index contributed by atoms with van der Waals surface area (Å²) in [5.74, 6) is 0. The van der Waals surface area contributed by atoms with Gasteiger partial charge >= 0.3 is 0 Å². The van der Waals surface area contributed by atoms with Crippen LogP contribution in [0.3, 0.4) is 0 Å². The highest BCUT2D eigenvalue weighted by Crippen LogP contribution is 2.35. The van der Waals surface area contributed by atoms with Crippen LogP contribution in [-0.2, 0) is 0 Å². The van der Waals surface area contributed by atoms with Crippen LogP contribution in [0.1, 0.15) is 0 Å². The summed E-state index contributed by atoms with van der Waals surface area (Å²) in [5, 5.41) is 3.33. The summed E-state index contributed by atoms with van der Waals surface area (Å²) in [6.07, 6.45) is 3.59. The van der Waals surface area contributed by atoms with Crippen molar-refractivity contribution >= 4 is 45.0 Å². The molecule has 4 heteroatoms. The zero-order valence-electron chi connectivity index (χ0n) is 14.7. The van der Waals surface area contributed by atoms with Crippen LogP contribution in [0.5, 0.6) is 0 Å². The molecule has 0 fully saturated rings. The summed E-state index contributed by atoms with van der Waals surface area (Å²) in [6, 6.07) is 24.1. The molecule has 0 saturated heterocycles. The molecule has 28 heavy (non-hydrogen) atoms. The summed E-state index contributed by atoms with van der Waals surface area (Å²) in [7, 11) is 0. The highest BCUT2D eigenvalue weighted by molar-refractivity contribution is 6.36. The Bertz CT molecular complexity index is 1220. The fraction of sp³-hybridized carbons (Fsp3) is 0. The van der Waals surface area contributed by atoms with E-state index in [1.807, 2.05) is 48.5 Å². The van der Waals surface area contributed by atoms with Gasteiger partial charge in [-0.1, -0.05) is 59.6 Å². The molecule has 2 heterocycles. The Labute approximate surface area is 172 Å². The first-order valence-corrected chi connectivity index (χ1v) is 9.65. The molecule has 2 aromatic heterocycles. The van der Waals surface area contributed by atoms with Crippen molar-refractivity contribution in [1.29, 1.82) is 0 Å². The number of fused-ring (bicyclic) bond motifs is 2. The van der Waals surface area contributed by atoms with E-state index < -0.39 is 0 Å². The van der Waals surface area contributed by atoms with E-state index in [9.17, 15) is 0 Å². The SMILES string of the molecule is Clc1ccc(-c2ccc(-c3ccc(Cl)c4cccnc34)cc2)c2ncccc12. The van der Waals surface area contributed by atoms with Crippen LogP contribution in [0.4, 0.5) is 0 Å².